The smallest absolute Gasteiger partial charge is 0.229 e. The third-order valence-electron chi connectivity index (χ3n) is 7.91. The fourth-order valence-corrected chi connectivity index (χ4v) is 7.29. The van der Waals surface area contributed by atoms with Crippen molar-refractivity contribution >= 4 is 47.2 Å². The summed E-state index contributed by atoms with van der Waals surface area (Å²) in [4.78, 5) is 11.6. The van der Waals surface area contributed by atoms with E-state index >= 15 is 0 Å². The molecule has 2 aliphatic heterocycles. The topological polar surface area (TPSA) is 79.4 Å². The van der Waals surface area contributed by atoms with Crippen molar-refractivity contribution in [1.29, 1.82) is 0 Å². The summed E-state index contributed by atoms with van der Waals surface area (Å²) in [6.07, 6.45) is 7.61. The first-order valence-electron chi connectivity index (χ1n) is 13.1. The summed E-state index contributed by atoms with van der Waals surface area (Å²) in [5.74, 6) is 0.296. The number of fused-ring (bicyclic) bond motifs is 3. The minimum absolute atomic E-state index is 0.307. The second-order valence-corrected chi connectivity index (χ2v) is 14.5. The summed E-state index contributed by atoms with van der Waals surface area (Å²) in [5, 5.41) is 7.14. The average molecular weight is 556 g/mol. The van der Waals surface area contributed by atoms with Gasteiger partial charge in [0.1, 0.15) is 18.0 Å². The molecule has 1 aliphatic carbocycles. The average Bonchev–Trinajstić information content (AvgIpc) is 3.45. The van der Waals surface area contributed by atoms with Crippen LogP contribution in [0, 0.1) is 5.82 Å². The molecule has 0 saturated carbocycles. The van der Waals surface area contributed by atoms with Gasteiger partial charge in [0.05, 0.1) is 24.6 Å². The van der Waals surface area contributed by atoms with Crippen LogP contribution >= 0.6 is 18.7 Å². The predicted molar refractivity (Wildman–Crippen MR) is 151 cm³/mol. The Morgan fingerprint density at radius 2 is 1.89 bits per heavy atom. The molecule has 1 aromatic heterocycles. The SMILES string of the molecule is CP(C)(=O)c1cc(F)ccc1Nc1nc(Nc2ccc3c(c2)CCC(N2C[C@@H]4C[C@H]2CO4)CC3)ncc1Cl. The highest BCUT2D eigenvalue weighted by Gasteiger charge is 2.42. The lowest BCUT2D eigenvalue weighted by molar-refractivity contribution is 0.00854. The van der Waals surface area contributed by atoms with Crippen molar-refractivity contribution in [1.82, 2.24) is 14.9 Å². The Morgan fingerprint density at radius 3 is 2.63 bits per heavy atom. The van der Waals surface area contributed by atoms with Gasteiger partial charge in [-0.3, -0.25) is 4.90 Å². The zero-order valence-corrected chi connectivity index (χ0v) is 23.2. The van der Waals surface area contributed by atoms with Crippen molar-refractivity contribution in [2.24, 2.45) is 0 Å². The lowest BCUT2D eigenvalue weighted by Crippen LogP contribution is -2.44. The number of benzene rings is 2. The van der Waals surface area contributed by atoms with Gasteiger partial charge in [0.15, 0.2) is 5.82 Å². The standard InChI is InChI=1S/C28H32ClFN5O2P/c1-38(2,36)26-12-19(30)6-10-25(26)33-27-24(29)14-31-28(34-27)32-20-7-3-17-4-8-21(9-5-18(17)11-20)35-15-23-13-22(35)16-37-23/h3,6-7,10-12,14,21-23H,4-5,8-9,13,15-16H2,1-2H3,(H2,31,32,33,34)/t21?,22-,23-/m0/s1. The van der Waals surface area contributed by atoms with E-state index < -0.39 is 13.0 Å². The molecule has 2 aromatic carbocycles. The highest BCUT2D eigenvalue weighted by molar-refractivity contribution is 7.70. The third kappa shape index (κ3) is 5.32. The first kappa shape index (κ1) is 25.8. The molecule has 2 saturated heterocycles. The number of rotatable bonds is 6. The highest BCUT2D eigenvalue weighted by Crippen LogP contribution is 2.39. The molecule has 1 unspecified atom stereocenters. The van der Waals surface area contributed by atoms with Gasteiger partial charge < -0.3 is 19.9 Å². The minimum atomic E-state index is -2.75. The Labute approximate surface area is 227 Å². The number of halogens is 2. The number of aromatic nitrogens is 2. The number of hydrogen-bond donors (Lipinski definition) is 2. The predicted octanol–water partition coefficient (Wildman–Crippen LogP) is 5.72. The number of nitrogens with one attached hydrogen (secondary N) is 2. The second-order valence-electron chi connectivity index (χ2n) is 10.9. The number of nitrogens with zero attached hydrogens (tertiary/aromatic N) is 3. The van der Waals surface area contributed by atoms with Crippen LogP contribution in [0.15, 0.2) is 42.6 Å². The van der Waals surface area contributed by atoms with Crippen LogP contribution in [0.1, 0.15) is 30.4 Å². The normalized spacial score (nSPS) is 23.2. The van der Waals surface area contributed by atoms with Gasteiger partial charge in [0, 0.05) is 29.6 Å². The Morgan fingerprint density at radius 1 is 1.08 bits per heavy atom. The summed E-state index contributed by atoms with van der Waals surface area (Å²) in [5.41, 5.74) is 4.19. The van der Waals surface area contributed by atoms with Crippen LogP contribution in [-0.2, 0) is 22.1 Å². The van der Waals surface area contributed by atoms with Gasteiger partial charge in [0.2, 0.25) is 5.95 Å². The number of hydrogen-bond acceptors (Lipinski definition) is 7. The number of aryl methyl sites for hydroxylation is 2. The molecule has 2 N–H and O–H groups in total. The third-order valence-corrected chi connectivity index (χ3v) is 9.71. The summed E-state index contributed by atoms with van der Waals surface area (Å²) in [6, 6.07) is 11.8. The molecule has 38 heavy (non-hydrogen) atoms. The van der Waals surface area contributed by atoms with Crippen LogP contribution in [-0.4, -0.2) is 59.5 Å². The van der Waals surface area contributed by atoms with Gasteiger partial charge in [0.25, 0.3) is 0 Å². The van der Waals surface area contributed by atoms with Crippen molar-refractivity contribution in [3.8, 4) is 0 Å². The fraction of sp³-hybridized carbons (Fsp3) is 0.429. The van der Waals surface area contributed by atoms with Gasteiger partial charge in [-0.1, -0.05) is 17.7 Å². The molecule has 3 heterocycles. The van der Waals surface area contributed by atoms with Crippen LogP contribution in [0.3, 0.4) is 0 Å². The van der Waals surface area contributed by atoms with Crippen molar-refractivity contribution in [2.45, 2.75) is 50.3 Å². The largest absolute Gasteiger partial charge is 0.375 e. The van der Waals surface area contributed by atoms with Gasteiger partial charge in [-0.05, 0) is 86.9 Å². The monoisotopic (exact) mass is 555 g/mol. The Bertz CT molecular complexity index is 1420. The van der Waals surface area contributed by atoms with Crippen LogP contribution in [0.5, 0.6) is 0 Å². The quantitative estimate of drug-likeness (QED) is 0.297. The van der Waals surface area contributed by atoms with Crippen LogP contribution in [0.2, 0.25) is 5.02 Å². The molecular weight excluding hydrogens is 524 g/mol. The van der Waals surface area contributed by atoms with E-state index in [0.29, 0.717) is 46.0 Å². The first-order chi connectivity index (χ1) is 18.2. The zero-order chi connectivity index (χ0) is 26.4. The molecule has 3 aromatic rings. The van der Waals surface area contributed by atoms with E-state index in [0.717, 1.165) is 38.1 Å². The molecule has 2 bridgehead atoms. The van der Waals surface area contributed by atoms with Crippen LogP contribution < -0.4 is 15.9 Å². The van der Waals surface area contributed by atoms with E-state index in [1.54, 1.807) is 19.4 Å². The van der Waals surface area contributed by atoms with E-state index in [1.165, 1.54) is 42.3 Å². The molecular formula is C28H32ClFN5O2P. The van der Waals surface area contributed by atoms with Gasteiger partial charge in [-0.25, -0.2) is 9.37 Å². The maximum atomic E-state index is 13.9. The Balaban J connectivity index is 1.18. The molecule has 200 valence electrons. The van der Waals surface area contributed by atoms with E-state index in [4.69, 9.17) is 16.3 Å². The van der Waals surface area contributed by atoms with Crippen molar-refractivity contribution < 1.29 is 13.7 Å². The van der Waals surface area contributed by atoms with Crippen LogP contribution in [0.25, 0.3) is 0 Å². The fourth-order valence-electron chi connectivity index (χ4n) is 6.00. The number of anilines is 4. The molecule has 0 amide bonds. The Kier molecular flexibility index (Phi) is 6.93. The second kappa shape index (κ2) is 10.2. The number of morpholine rings is 1. The van der Waals surface area contributed by atoms with Crippen LogP contribution in [0.4, 0.5) is 27.5 Å². The molecule has 0 spiro atoms. The maximum absolute atomic E-state index is 13.9. The van der Waals surface area contributed by atoms with Crippen molar-refractivity contribution in [3.05, 3.63) is 64.6 Å². The van der Waals surface area contributed by atoms with E-state index in [2.05, 4.69) is 43.7 Å². The lowest BCUT2D eigenvalue weighted by Gasteiger charge is -2.34. The molecule has 3 aliphatic rings. The highest BCUT2D eigenvalue weighted by atomic mass is 35.5. The lowest BCUT2D eigenvalue weighted by atomic mass is 10.0. The first-order valence-corrected chi connectivity index (χ1v) is 16.1. The van der Waals surface area contributed by atoms with Gasteiger partial charge in [-0.2, -0.15) is 4.98 Å². The summed E-state index contributed by atoms with van der Waals surface area (Å²) < 4.78 is 32.4. The summed E-state index contributed by atoms with van der Waals surface area (Å²) in [7, 11) is -2.75. The van der Waals surface area contributed by atoms with E-state index in [-0.39, 0.29) is 0 Å². The molecule has 10 heteroatoms. The molecule has 2 fully saturated rings. The van der Waals surface area contributed by atoms with Gasteiger partial charge in [-0.15, -0.1) is 0 Å². The number of likely N-dealkylation sites (tertiary alicyclic amines) is 1. The summed E-state index contributed by atoms with van der Waals surface area (Å²) in [6.45, 7) is 5.17. The minimum Gasteiger partial charge on any atom is -0.375 e. The summed E-state index contributed by atoms with van der Waals surface area (Å²) >= 11 is 6.38. The van der Waals surface area contributed by atoms with Gasteiger partial charge >= 0.3 is 0 Å². The number of ether oxygens (including phenoxy) is 1. The van der Waals surface area contributed by atoms with Crippen molar-refractivity contribution in [3.63, 3.8) is 0 Å². The molecule has 3 atom stereocenters. The van der Waals surface area contributed by atoms with E-state index in [9.17, 15) is 8.96 Å². The molecule has 0 radical (unpaired) electrons. The zero-order valence-electron chi connectivity index (χ0n) is 21.6. The van der Waals surface area contributed by atoms with E-state index in [1.807, 2.05) is 0 Å². The molecule has 6 rings (SSSR count). The maximum Gasteiger partial charge on any atom is 0.229 e. The molecule has 7 nitrogen and oxygen atoms in total. The Hall–Kier alpha value is -2.51. The van der Waals surface area contributed by atoms with Crippen molar-refractivity contribution in [2.75, 3.05) is 37.1 Å².